The van der Waals surface area contributed by atoms with Crippen molar-refractivity contribution in [2.75, 3.05) is 19.5 Å². The van der Waals surface area contributed by atoms with Crippen molar-refractivity contribution in [1.29, 1.82) is 0 Å². The zero-order chi connectivity index (χ0) is 24.7. The van der Waals surface area contributed by atoms with Gasteiger partial charge in [0.25, 0.3) is 0 Å². The Balaban J connectivity index is 1.45. The van der Waals surface area contributed by atoms with Crippen molar-refractivity contribution in [3.63, 3.8) is 0 Å². The molecule has 180 valence electrons. The number of pyridine rings is 1. The summed E-state index contributed by atoms with van der Waals surface area (Å²) in [6.45, 7) is 1.80. The summed E-state index contributed by atoms with van der Waals surface area (Å²) in [5.74, 6) is 0.181. The van der Waals surface area contributed by atoms with E-state index in [4.69, 9.17) is 14.2 Å². The maximum Gasteiger partial charge on any atom is 0.344 e. The number of likely N-dealkylation sites (tertiary alicyclic amines) is 1. The Bertz CT molecular complexity index is 1320. The largest absolute Gasteiger partial charge is 0.493 e. The molecule has 0 bridgehead atoms. The second kappa shape index (κ2) is 8.75. The average molecular weight is 477 g/mol. The first-order chi connectivity index (χ1) is 16.9. The number of nitrogens with zero attached hydrogens (tertiary/aromatic N) is 4. The van der Waals surface area contributed by atoms with Gasteiger partial charge < -0.3 is 19.5 Å². The Kier molecular flexibility index (Phi) is 5.59. The van der Waals surface area contributed by atoms with Crippen molar-refractivity contribution in [2.45, 2.75) is 32.0 Å². The number of esters is 1. The first-order valence-corrected chi connectivity index (χ1v) is 11.0. The van der Waals surface area contributed by atoms with E-state index in [0.29, 0.717) is 28.6 Å². The molecule has 5 rings (SSSR count). The summed E-state index contributed by atoms with van der Waals surface area (Å²) >= 11 is 0. The van der Waals surface area contributed by atoms with E-state index in [2.05, 4.69) is 15.4 Å². The quantitative estimate of drug-likeness (QED) is 0.537. The van der Waals surface area contributed by atoms with Crippen molar-refractivity contribution in [2.24, 2.45) is 0 Å². The fourth-order valence-electron chi connectivity index (χ4n) is 4.49. The van der Waals surface area contributed by atoms with Gasteiger partial charge in [0.2, 0.25) is 18.0 Å². The Morgan fingerprint density at radius 2 is 2.00 bits per heavy atom. The van der Waals surface area contributed by atoms with Crippen LogP contribution in [0, 0.1) is 6.92 Å². The molecule has 2 atom stereocenters. The number of hydrogen-bond donors (Lipinski definition) is 1. The Labute approximate surface area is 200 Å². The van der Waals surface area contributed by atoms with E-state index in [1.54, 1.807) is 43.5 Å². The van der Waals surface area contributed by atoms with Crippen molar-refractivity contribution in [3.8, 4) is 17.3 Å². The van der Waals surface area contributed by atoms with Gasteiger partial charge in [-0.25, -0.2) is 9.78 Å². The lowest BCUT2D eigenvalue weighted by Crippen LogP contribution is -2.44. The fourth-order valence-corrected chi connectivity index (χ4v) is 4.49. The highest BCUT2D eigenvalue weighted by Crippen LogP contribution is 2.45. The van der Waals surface area contributed by atoms with Crippen LogP contribution in [0.1, 0.15) is 40.7 Å². The molecule has 2 aliphatic rings. The van der Waals surface area contributed by atoms with E-state index in [1.165, 1.54) is 23.8 Å². The van der Waals surface area contributed by atoms with Crippen molar-refractivity contribution in [3.05, 3.63) is 59.4 Å². The SMILES string of the molecule is COc1ccc2c(c1OC)C(=O)OC2N1C(=O)CCC1C(=O)Nc1cc(C)nn1-c1ccccn1. The number of benzene rings is 1. The van der Waals surface area contributed by atoms with Gasteiger partial charge in [0.1, 0.15) is 17.4 Å². The summed E-state index contributed by atoms with van der Waals surface area (Å²) in [6, 6.07) is 9.51. The summed E-state index contributed by atoms with van der Waals surface area (Å²) in [4.78, 5) is 44.6. The zero-order valence-electron chi connectivity index (χ0n) is 19.3. The highest BCUT2D eigenvalue weighted by atomic mass is 16.6. The predicted octanol–water partition coefficient (Wildman–Crippen LogP) is 2.39. The van der Waals surface area contributed by atoms with Gasteiger partial charge in [-0.05, 0) is 37.6 Å². The maximum atomic E-state index is 13.4. The first-order valence-electron chi connectivity index (χ1n) is 11.0. The summed E-state index contributed by atoms with van der Waals surface area (Å²) in [7, 11) is 2.88. The highest BCUT2D eigenvalue weighted by Gasteiger charge is 2.48. The van der Waals surface area contributed by atoms with Gasteiger partial charge in [0.15, 0.2) is 17.3 Å². The van der Waals surface area contributed by atoms with Gasteiger partial charge in [-0.15, -0.1) is 0 Å². The Morgan fingerprint density at radius 1 is 1.17 bits per heavy atom. The number of ether oxygens (including phenoxy) is 3. The number of aromatic nitrogens is 3. The lowest BCUT2D eigenvalue weighted by molar-refractivity contribution is -0.144. The van der Waals surface area contributed by atoms with Crippen LogP contribution >= 0.6 is 0 Å². The van der Waals surface area contributed by atoms with Crippen LogP contribution in [0.2, 0.25) is 0 Å². The van der Waals surface area contributed by atoms with Gasteiger partial charge in [-0.1, -0.05) is 6.07 Å². The van der Waals surface area contributed by atoms with Gasteiger partial charge in [0, 0.05) is 24.2 Å². The molecule has 1 aromatic carbocycles. The minimum Gasteiger partial charge on any atom is -0.493 e. The third kappa shape index (κ3) is 3.74. The molecule has 0 radical (unpaired) electrons. The molecule has 3 aromatic rings. The number of cyclic esters (lactones) is 1. The number of fused-ring (bicyclic) bond motifs is 1. The predicted molar refractivity (Wildman–Crippen MR) is 122 cm³/mol. The molecule has 2 unspecified atom stereocenters. The summed E-state index contributed by atoms with van der Waals surface area (Å²) in [5.41, 5.74) is 1.31. The fraction of sp³-hybridized carbons (Fsp3) is 0.292. The van der Waals surface area contributed by atoms with E-state index in [1.807, 2.05) is 6.07 Å². The smallest absolute Gasteiger partial charge is 0.344 e. The number of rotatable bonds is 6. The number of carbonyl (C=O) groups excluding carboxylic acids is 3. The van der Waals surface area contributed by atoms with Crippen LogP contribution in [0.4, 0.5) is 5.82 Å². The van der Waals surface area contributed by atoms with Crippen molar-refractivity contribution in [1.82, 2.24) is 19.7 Å². The minimum atomic E-state index is -1.05. The topological polar surface area (TPSA) is 125 Å². The van der Waals surface area contributed by atoms with Crippen LogP contribution in [0.5, 0.6) is 11.5 Å². The number of nitrogens with one attached hydrogen (secondary N) is 1. The standard InChI is InChI=1S/C24H23N5O6/c1-13-12-18(29(27-13)17-6-4-5-11-25-17)26-22(31)15-8-10-19(30)28(15)23-14-7-9-16(33-2)21(34-3)20(14)24(32)35-23/h4-7,9,11-12,15,23H,8,10H2,1-3H3,(H,26,31). The van der Waals surface area contributed by atoms with Gasteiger partial charge in [-0.2, -0.15) is 9.78 Å². The molecule has 2 aromatic heterocycles. The van der Waals surface area contributed by atoms with Crippen molar-refractivity contribution >= 4 is 23.6 Å². The molecule has 0 aliphatic carbocycles. The number of carbonyl (C=O) groups is 3. The Morgan fingerprint density at radius 3 is 2.71 bits per heavy atom. The zero-order valence-corrected chi connectivity index (χ0v) is 19.3. The van der Waals surface area contributed by atoms with Crippen LogP contribution in [-0.2, 0) is 14.3 Å². The van der Waals surface area contributed by atoms with Crippen LogP contribution in [0.15, 0.2) is 42.6 Å². The first kappa shape index (κ1) is 22.4. The number of amides is 2. The summed E-state index contributed by atoms with van der Waals surface area (Å²) in [5, 5.41) is 7.28. The van der Waals surface area contributed by atoms with Gasteiger partial charge >= 0.3 is 5.97 Å². The molecule has 11 heteroatoms. The third-order valence-corrected chi connectivity index (χ3v) is 6.03. The van der Waals surface area contributed by atoms with Gasteiger partial charge in [-0.3, -0.25) is 14.5 Å². The summed E-state index contributed by atoms with van der Waals surface area (Å²) in [6.07, 6.45) is 1.00. The second-order valence-corrected chi connectivity index (χ2v) is 8.14. The molecule has 1 fully saturated rings. The normalized spacial score (nSPS) is 18.9. The highest BCUT2D eigenvalue weighted by molar-refractivity contribution is 6.01. The molecule has 2 aliphatic heterocycles. The van der Waals surface area contributed by atoms with Gasteiger partial charge in [0.05, 0.1) is 19.9 Å². The Hall–Kier alpha value is -4.41. The molecular formula is C24H23N5O6. The molecule has 35 heavy (non-hydrogen) atoms. The van der Waals surface area contributed by atoms with Crippen LogP contribution in [-0.4, -0.2) is 57.7 Å². The lowest BCUT2D eigenvalue weighted by Gasteiger charge is -2.29. The van der Waals surface area contributed by atoms with Crippen LogP contribution < -0.4 is 14.8 Å². The molecule has 0 spiro atoms. The van der Waals surface area contributed by atoms with E-state index in [0.717, 1.165) is 0 Å². The number of anilines is 1. The number of hydrogen-bond acceptors (Lipinski definition) is 8. The molecule has 1 N–H and O–H groups in total. The van der Waals surface area contributed by atoms with E-state index in [9.17, 15) is 14.4 Å². The molecule has 2 amide bonds. The third-order valence-electron chi connectivity index (χ3n) is 6.03. The van der Waals surface area contributed by atoms with E-state index < -0.39 is 24.1 Å². The van der Waals surface area contributed by atoms with Crippen LogP contribution in [0.3, 0.4) is 0 Å². The molecule has 0 saturated carbocycles. The number of aryl methyl sites for hydroxylation is 1. The average Bonchev–Trinajstić information content (AvgIpc) is 3.53. The summed E-state index contributed by atoms with van der Waals surface area (Å²) < 4.78 is 17.8. The second-order valence-electron chi connectivity index (χ2n) is 8.14. The molecule has 1 saturated heterocycles. The monoisotopic (exact) mass is 477 g/mol. The van der Waals surface area contributed by atoms with Crippen molar-refractivity contribution < 1.29 is 28.6 Å². The van der Waals surface area contributed by atoms with Crippen LogP contribution in [0.25, 0.3) is 5.82 Å². The lowest BCUT2D eigenvalue weighted by atomic mass is 10.1. The number of methoxy groups -OCH3 is 2. The van der Waals surface area contributed by atoms with E-state index >= 15 is 0 Å². The maximum absolute atomic E-state index is 13.4. The molecule has 11 nitrogen and oxygen atoms in total. The molecular weight excluding hydrogens is 454 g/mol. The minimum absolute atomic E-state index is 0.146. The molecule has 4 heterocycles. The van der Waals surface area contributed by atoms with E-state index in [-0.39, 0.29) is 30.1 Å².